The molecule has 2 heterocycles. The Labute approximate surface area is 145 Å². The first kappa shape index (κ1) is 17.4. The van der Waals surface area contributed by atoms with Crippen molar-refractivity contribution >= 4 is 0 Å². The molecule has 24 heavy (non-hydrogen) atoms. The summed E-state index contributed by atoms with van der Waals surface area (Å²) in [6, 6.07) is 13.1. The minimum Gasteiger partial charge on any atom is -0.379 e. The van der Waals surface area contributed by atoms with Gasteiger partial charge >= 0.3 is 0 Å². The van der Waals surface area contributed by atoms with Gasteiger partial charge in [0.05, 0.1) is 19.3 Å². The standard InChI is InChI=1S/C19H28N4O/c1-17(16-21-11-13-24-14-12-21)22-7-9-23(10-8-22)19(15-20)18-5-3-2-4-6-18/h2-6,17,19H,7-14,16H2,1H3/t17-,19-/m1/s1. The van der Waals surface area contributed by atoms with Crippen molar-refractivity contribution in [3.05, 3.63) is 35.9 Å². The molecule has 5 heteroatoms. The zero-order chi connectivity index (χ0) is 16.8. The second-order valence-electron chi connectivity index (χ2n) is 6.78. The fourth-order valence-corrected chi connectivity index (χ4v) is 3.71. The summed E-state index contributed by atoms with van der Waals surface area (Å²) >= 11 is 0. The van der Waals surface area contributed by atoms with Crippen LogP contribution < -0.4 is 0 Å². The second-order valence-corrected chi connectivity index (χ2v) is 6.78. The summed E-state index contributed by atoms with van der Waals surface area (Å²) < 4.78 is 5.43. The molecule has 0 aromatic heterocycles. The van der Waals surface area contributed by atoms with Gasteiger partial charge < -0.3 is 4.74 Å². The van der Waals surface area contributed by atoms with Gasteiger partial charge in [0.1, 0.15) is 6.04 Å². The number of piperazine rings is 1. The Balaban J connectivity index is 1.50. The number of nitriles is 1. The maximum absolute atomic E-state index is 9.60. The van der Waals surface area contributed by atoms with Gasteiger partial charge in [-0.05, 0) is 12.5 Å². The fourth-order valence-electron chi connectivity index (χ4n) is 3.71. The van der Waals surface area contributed by atoms with E-state index >= 15 is 0 Å². The summed E-state index contributed by atoms with van der Waals surface area (Å²) in [5.74, 6) is 0. The highest BCUT2D eigenvalue weighted by molar-refractivity contribution is 5.24. The molecule has 0 radical (unpaired) electrons. The van der Waals surface area contributed by atoms with Crippen LogP contribution in [-0.2, 0) is 4.74 Å². The molecule has 3 rings (SSSR count). The number of hydrogen-bond acceptors (Lipinski definition) is 5. The van der Waals surface area contributed by atoms with Crippen molar-refractivity contribution < 1.29 is 4.74 Å². The van der Waals surface area contributed by atoms with E-state index in [9.17, 15) is 5.26 Å². The Morgan fingerprint density at radius 3 is 2.25 bits per heavy atom. The topological polar surface area (TPSA) is 42.7 Å². The number of nitrogens with zero attached hydrogens (tertiary/aromatic N) is 4. The Kier molecular flexibility index (Phi) is 6.22. The van der Waals surface area contributed by atoms with Crippen LogP contribution in [0.2, 0.25) is 0 Å². The van der Waals surface area contributed by atoms with Crippen LogP contribution in [0, 0.1) is 11.3 Å². The summed E-state index contributed by atoms with van der Waals surface area (Å²) in [6.45, 7) is 11.3. The highest BCUT2D eigenvalue weighted by atomic mass is 16.5. The number of rotatable bonds is 5. The number of hydrogen-bond donors (Lipinski definition) is 0. The second kappa shape index (κ2) is 8.59. The maximum atomic E-state index is 9.60. The molecule has 0 amide bonds. The zero-order valence-corrected chi connectivity index (χ0v) is 14.6. The third-order valence-electron chi connectivity index (χ3n) is 5.20. The number of benzene rings is 1. The van der Waals surface area contributed by atoms with Gasteiger partial charge in [-0.2, -0.15) is 5.26 Å². The molecule has 5 nitrogen and oxygen atoms in total. The molecule has 2 saturated heterocycles. The molecule has 130 valence electrons. The van der Waals surface area contributed by atoms with E-state index in [1.54, 1.807) is 0 Å². The summed E-state index contributed by atoms with van der Waals surface area (Å²) in [7, 11) is 0. The van der Waals surface area contributed by atoms with Crippen LogP contribution in [0.15, 0.2) is 30.3 Å². The Hall–Kier alpha value is -1.45. The average Bonchev–Trinajstić information content (AvgIpc) is 2.65. The molecule has 0 aliphatic carbocycles. The number of ether oxygens (including phenoxy) is 1. The summed E-state index contributed by atoms with van der Waals surface area (Å²) in [5.41, 5.74) is 1.11. The van der Waals surface area contributed by atoms with Gasteiger partial charge in [0, 0.05) is 51.9 Å². The van der Waals surface area contributed by atoms with Crippen molar-refractivity contribution in [2.45, 2.75) is 19.0 Å². The molecule has 1 aromatic carbocycles. The van der Waals surface area contributed by atoms with E-state index in [-0.39, 0.29) is 6.04 Å². The van der Waals surface area contributed by atoms with E-state index in [2.05, 4.69) is 39.8 Å². The third-order valence-corrected chi connectivity index (χ3v) is 5.20. The van der Waals surface area contributed by atoms with Gasteiger partial charge in [-0.15, -0.1) is 0 Å². The summed E-state index contributed by atoms with van der Waals surface area (Å²) in [5, 5.41) is 9.60. The van der Waals surface area contributed by atoms with E-state index < -0.39 is 0 Å². The predicted octanol–water partition coefficient (Wildman–Crippen LogP) is 1.59. The lowest BCUT2D eigenvalue weighted by Gasteiger charge is -2.41. The molecule has 1 aromatic rings. The fraction of sp³-hybridized carbons (Fsp3) is 0.632. The van der Waals surface area contributed by atoms with Crippen LogP contribution in [0.1, 0.15) is 18.5 Å². The SMILES string of the molecule is C[C@H](CN1CCOCC1)N1CCN([C@H](C#N)c2ccccc2)CC1. The average molecular weight is 328 g/mol. The van der Waals surface area contributed by atoms with E-state index in [0.29, 0.717) is 6.04 Å². The molecule has 2 aliphatic rings. The van der Waals surface area contributed by atoms with Gasteiger partial charge in [-0.3, -0.25) is 14.7 Å². The zero-order valence-electron chi connectivity index (χ0n) is 14.6. The molecule has 0 bridgehead atoms. The largest absolute Gasteiger partial charge is 0.379 e. The minimum absolute atomic E-state index is 0.122. The molecule has 0 spiro atoms. The first-order chi connectivity index (χ1) is 11.8. The highest BCUT2D eigenvalue weighted by Crippen LogP contribution is 2.22. The molecule has 2 atom stereocenters. The smallest absolute Gasteiger partial charge is 0.123 e. The van der Waals surface area contributed by atoms with Crippen LogP contribution >= 0.6 is 0 Å². The van der Waals surface area contributed by atoms with E-state index in [4.69, 9.17) is 4.74 Å². The predicted molar refractivity (Wildman–Crippen MR) is 94.7 cm³/mol. The first-order valence-corrected chi connectivity index (χ1v) is 9.00. The monoisotopic (exact) mass is 328 g/mol. The molecule has 0 saturated carbocycles. The van der Waals surface area contributed by atoms with Crippen molar-refractivity contribution in [1.82, 2.24) is 14.7 Å². The highest BCUT2D eigenvalue weighted by Gasteiger charge is 2.27. The van der Waals surface area contributed by atoms with Crippen molar-refractivity contribution in [2.75, 3.05) is 59.0 Å². The Bertz CT molecular complexity index is 530. The quantitative estimate of drug-likeness (QED) is 0.821. The minimum atomic E-state index is -0.122. The van der Waals surface area contributed by atoms with Crippen molar-refractivity contribution in [2.24, 2.45) is 0 Å². The summed E-state index contributed by atoms with van der Waals surface area (Å²) in [6.07, 6.45) is 0. The van der Waals surface area contributed by atoms with Gasteiger partial charge in [-0.1, -0.05) is 30.3 Å². The van der Waals surface area contributed by atoms with Crippen LogP contribution in [-0.4, -0.2) is 79.8 Å². The van der Waals surface area contributed by atoms with Crippen LogP contribution in [0.4, 0.5) is 0 Å². The lowest BCUT2D eigenvalue weighted by molar-refractivity contribution is 0.0159. The van der Waals surface area contributed by atoms with E-state index in [1.807, 2.05) is 18.2 Å². The lowest BCUT2D eigenvalue weighted by Crippen LogP contribution is -2.53. The molecule has 2 aliphatic heterocycles. The third kappa shape index (κ3) is 4.34. The molecule has 0 N–H and O–H groups in total. The lowest BCUT2D eigenvalue weighted by atomic mass is 10.1. The Morgan fingerprint density at radius 2 is 1.62 bits per heavy atom. The van der Waals surface area contributed by atoms with Gasteiger partial charge in [-0.25, -0.2) is 0 Å². The van der Waals surface area contributed by atoms with Gasteiger partial charge in [0.2, 0.25) is 0 Å². The van der Waals surface area contributed by atoms with Gasteiger partial charge in [0.15, 0.2) is 0 Å². The Morgan fingerprint density at radius 1 is 1.00 bits per heavy atom. The van der Waals surface area contributed by atoms with Crippen LogP contribution in [0.5, 0.6) is 0 Å². The van der Waals surface area contributed by atoms with Crippen molar-refractivity contribution in [3.8, 4) is 6.07 Å². The molecular formula is C19H28N4O. The molecular weight excluding hydrogens is 300 g/mol. The van der Waals surface area contributed by atoms with Crippen molar-refractivity contribution in [3.63, 3.8) is 0 Å². The van der Waals surface area contributed by atoms with E-state index in [1.165, 1.54) is 0 Å². The van der Waals surface area contributed by atoms with Crippen LogP contribution in [0.25, 0.3) is 0 Å². The normalized spacial score (nSPS) is 23.5. The van der Waals surface area contributed by atoms with E-state index in [0.717, 1.165) is 64.6 Å². The number of morpholine rings is 1. The molecule has 0 unspecified atom stereocenters. The van der Waals surface area contributed by atoms with Gasteiger partial charge in [0.25, 0.3) is 0 Å². The molecule has 2 fully saturated rings. The van der Waals surface area contributed by atoms with Crippen LogP contribution in [0.3, 0.4) is 0 Å². The first-order valence-electron chi connectivity index (χ1n) is 9.00. The summed E-state index contributed by atoms with van der Waals surface area (Å²) in [4.78, 5) is 7.38. The maximum Gasteiger partial charge on any atom is 0.123 e. The van der Waals surface area contributed by atoms with Crippen molar-refractivity contribution in [1.29, 1.82) is 5.26 Å².